The van der Waals surface area contributed by atoms with Crippen molar-refractivity contribution in [3.63, 3.8) is 0 Å². The number of sulfone groups is 1. The fraction of sp³-hybridized carbons (Fsp3) is 0.0714. The number of nitrogen functional groups attached to an aromatic ring is 1. The SMILES string of the molecule is Nc1ccc2nc(S(=O)(=O)Cc3ccccc3F)oc2c1. The van der Waals surface area contributed by atoms with Crippen molar-refractivity contribution in [2.75, 3.05) is 5.73 Å². The number of aromatic nitrogens is 1. The zero-order valence-electron chi connectivity index (χ0n) is 10.8. The summed E-state index contributed by atoms with van der Waals surface area (Å²) < 4.78 is 43.3. The quantitative estimate of drug-likeness (QED) is 0.751. The molecule has 0 aliphatic carbocycles. The lowest BCUT2D eigenvalue weighted by atomic mass is 10.2. The van der Waals surface area contributed by atoms with Gasteiger partial charge in [-0.25, -0.2) is 12.8 Å². The predicted molar refractivity (Wildman–Crippen MR) is 75.7 cm³/mol. The molecule has 0 amide bonds. The lowest BCUT2D eigenvalue weighted by Gasteiger charge is -2.01. The molecule has 0 fully saturated rings. The summed E-state index contributed by atoms with van der Waals surface area (Å²) in [5, 5.41) is -0.439. The van der Waals surface area contributed by atoms with E-state index in [2.05, 4.69) is 4.98 Å². The van der Waals surface area contributed by atoms with Crippen LogP contribution in [0.5, 0.6) is 0 Å². The molecular weight excluding hydrogens is 295 g/mol. The molecule has 1 aromatic heterocycles. The van der Waals surface area contributed by atoms with E-state index in [0.29, 0.717) is 11.2 Å². The molecule has 3 rings (SSSR count). The number of halogens is 1. The first kappa shape index (κ1) is 13.6. The summed E-state index contributed by atoms with van der Waals surface area (Å²) in [5.74, 6) is -1.09. The zero-order valence-corrected chi connectivity index (χ0v) is 11.6. The predicted octanol–water partition coefficient (Wildman–Crippen LogP) is 2.52. The number of nitrogens with two attached hydrogens (primary N) is 1. The number of fused-ring (bicyclic) bond motifs is 1. The largest absolute Gasteiger partial charge is 0.428 e. The van der Waals surface area contributed by atoms with E-state index in [1.54, 1.807) is 18.2 Å². The van der Waals surface area contributed by atoms with E-state index < -0.39 is 26.6 Å². The Balaban J connectivity index is 2.02. The Labute approximate surface area is 120 Å². The average Bonchev–Trinajstić information content (AvgIpc) is 2.85. The molecule has 0 unspecified atom stereocenters. The Morgan fingerprint density at radius 3 is 2.71 bits per heavy atom. The van der Waals surface area contributed by atoms with Crippen LogP contribution < -0.4 is 5.73 Å². The third-order valence-electron chi connectivity index (χ3n) is 2.96. The molecule has 0 bridgehead atoms. The first-order chi connectivity index (χ1) is 9.95. The first-order valence-electron chi connectivity index (χ1n) is 6.08. The summed E-state index contributed by atoms with van der Waals surface area (Å²) in [6, 6.07) is 10.3. The average molecular weight is 306 g/mol. The minimum Gasteiger partial charge on any atom is -0.428 e. The van der Waals surface area contributed by atoms with Gasteiger partial charge in [0.25, 0.3) is 0 Å². The van der Waals surface area contributed by atoms with Crippen LogP contribution in [0, 0.1) is 5.82 Å². The van der Waals surface area contributed by atoms with Gasteiger partial charge in [0.1, 0.15) is 11.3 Å². The van der Waals surface area contributed by atoms with Gasteiger partial charge in [-0.15, -0.1) is 0 Å². The van der Waals surface area contributed by atoms with Crippen LogP contribution in [0.25, 0.3) is 11.1 Å². The highest BCUT2D eigenvalue weighted by molar-refractivity contribution is 7.90. The molecule has 0 aliphatic rings. The molecule has 5 nitrogen and oxygen atoms in total. The molecule has 2 aromatic carbocycles. The van der Waals surface area contributed by atoms with Crippen molar-refractivity contribution >= 4 is 26.6 Å². The second-order valence-corrected chi connectivity index (χ2v) is 6.42. The highest BCUT2D eigenvalue weighted by Gasteiger charge is 2.23. The maximum absolute atomic E-state index is 13.6. The van der Waals surface area contributed by atoms with Crippen molar-refractivity contribution in [3.05, 3.63) is 53.8 Å². The molecule has 0 radical (unpaired) electrons. The third kappa shape index (κ3) is 2.59. The molecule has 0 aliphatic heterocycles. The minimum absolute atomic E-state index is 0.0688. The van der Waals surface area contributed by atoms with E-state index in [0.717, 1.165) is 0 Å². The number of benzene rings is 2. The molecule has 0 saturated carbocycles. The molecular formula is C14H11FN2O3S. The Bertz CT molecular complexity index is 919. The van der Waals surface area contributed by atoms with Crippen LogP contribution in [0.3, 0.4) is 0 Å². The normalized spacial score (nSPS) is 11.9. The molecule has 0 atom stereocenters. The Morgan fingerprint density at radius 1 is 1.19 bits per heavy atom. The smallest absolute Gasteiger partial charge is 0.316 e. The number of oxazole rings is 1. The van der Waals surface area contributed by atoms with Crippen molar-refractivity contribution in [3.8, 4) is 0 Å². The third-order valence-corrected chi connectivity index (χ3v) is 4.36. The van der Waals surface area contributed by atoms with Gasteiger partial charge in [-0.1, -0.05) is 18.2 Å². The standard InChI is InChI=1S/C14H11FN2O3S/c15-11-4-2-1-3-9(11)8-21(18,19)14-17-12-6-5-10(16)7-13(12)20-14/h1-7H,8,16H2. The van der Waals surface area contributed by atoms with Gasteiger partial charge in [0, 0.05) is 17.3 Å². The van der Waals surface area contributed by atoms with Gasteiger partial charge < -0.3 is 10.2 Å². The van der Waals surface area contributed by atoms with Gasteiger partial charge in [-0.2, -0.15) is 4.98 Å². The van der Waals surface area contributed by atoms with Crippen molar-refractivity contribution in [2.45, 2.75) is 11.0 Å². The van der Waals surface area contributed by atoms with Gasteiger partial charge in [0.15, 0.2) is 5.58 Å². The molecule has 0 saturated heterocycles. The van der Waals surface area contributed by atoms with Crippen LogP contribution in [0.15, 0.2) is 52.1 Å². The summed E-state index contributed by atoms with van der Waals surface area (Å²) in [5.41, 5.74) is 6.77. The van der Waals surface area contributed by atoms with Gasteiger partial charge >= 0.3 is 5.22 Å². The second kappa shape index (κ2) is 4.85. The number of hydrogen-bond acceptors (Lipinski definition) is 5. The minimum atomic E-state index is -3.87. The molecule has 108 valence electrons. The van der Waals surface area contributed by atoms with E-state index in [-0.39, 0.29) is 11.1 Å². The van der Waals surface area contributed by atoms with E-state index in [9.17, 15) is 12.8 Å². The molecule has 0 spiro atoms. The van der Waals surface area contributed by atoms with E-state index in [1.807, 2.05) is 0 Å². The van der Waals surface area contributed by atoms with Crippen molar-refractivity contribution in [1.29, 1.82) is 0 Å². The highest BCUT2D eigenvalue weighted by atomic mass is 32.2. The van der Waals surface area contributed by atoms with Crippen molar-refractivity contribution in [1.82, 2.24) is 4.98 Å². The molecule has 2 N–H and O–H groups in total. The summed E-state index contributed by atoms with van der Waals surface area (Å²) >= 11 is 0. The fourth-order valence-corrected chi connectivity index (χ4v) is 3.16. The Morgan fingerprint density at radius 2 is 1.95 bits per heavy atom. The summed E-state index contributed by atoms with van der Waals surface area (Å²) in [7, 11) is -3.87. The number of rotatable bonds is 3. The van der Waals surface area contributed by atoms with Gasteiger partial charge in [0.05, 0.1) is 5.75 Å². The van der Waals surface area contributed by atoms with E-state index >= 15 is 0 Å². The molecule has 3 aromatic rings. The van der Waals surface area contributed by atoms with Gasteiger partial charge in [-0.05, 0) is 18.2 Å². The van der Waals surface area contributed by atoms with Crippen LogP contribution in [0.2, 0.25) is 0 Å². The molecule has 1 heterocycles. The maximum Gasteiger partial charge on any atom is 0.316 e. The van der Waals surface area contributed by atoms with Crippen molar-refractivity contribution < 1.29 is 17.2 Å². The molecule has 21 heavy (non-hydrogen) atoms. The number of hydrogen-bond donors (Lipinski definition) is 1. The monoisotopic (exact) mass is 306 g/mol. The second-order valence-electron chi connectivity index (χ2n) is 4.56. The van der Waals surface area contributed by atoms with Gasteiger partial charge in [-0.3, -0.25) is 0 Å². The Hall–Kier alpha value is -2.41. The van der Waals surface area contributed by atoms with Crippen LogP contribution in [-0.2, 0) is 15.6 Å². The summed E-state index contributed by atoms with van der Waals surface area (Å²) in [6.45, 7) is 0. The first-order valence-corrected chi connectivity index (χ1v) is 7.73. The van der Waals surface area contributed by atoms with E-state index in [1.165, 1.54) is 24.3 Å². The number of anilines is 1. The van der Waals surface area contributed by atoms with Crippen molar-refractivity contribution in [2.24, 2.45) is 0 Å². The summed E-state index contributed by atoms with van der Waals surface area (Å²) in [6.07, 6.45) is 0. The lowest BCUT2D eigenvalue weighted by Crippen LogP contribution is -2.06. The Kier molecular flexibility index (Phi) is 3.13. The van der Waals surface area contributed by atoms with Gasteiger partial charge in [0.2, 0.25) is 9.84 Å². The highest BCUT2D eigenvalue weighted by Crippen LogP contribution is 2.24. The summed E-state index contributed by atoms with van der Waals surface area (Å²) in [4.78, 5) is 3.92. The lowest BCUT2D eigenvalue weighted by molar-refractivity contribution is 0.457. The van der Waals surface area contributed by atoms with Crippen LogP contribution >= 0.6 is 0 Å². The van der Waals surface area contributed by atoms with Crippen LogP contribution in [0.1, 0.15) is 5.56 Å². The van der Waals surface area contributed by atoms with E-state index in [4.69, 9.17) is 10.2 Å². The van der Waals surface area contributed by atoms with Crippen LogP contribution in [0.4, 0.5) is 10.1 Å². The zero-order chi connectivity index (χ0) is 15.0. The molecule has 7 heteroatoms. The maximum atomic E-state index is 13.6. The topological polar surface area (TPSA) is 86.2 Å². The number of nitrogens with zero attached hydrogens (tertiary/aromatic N) is 1. The fourth-order valence-electron chi connectivity index (χ4n) is 1.93. The van der Waals surface area contributed by atoms with Crippen LogP contribution in [-0.4, -0.2) is 13.4 Å².